The predicted octanol–water partition coefficient (Wildman–Crippen LogP) is 19.8. The number of hydrogen-bond acceptors (Lipinski definition) is 8. The molecule has 20 heteroatoms. The number of pyridine rings is 3. The summed E-state index contributed by atoms with van der Waals surface area (Å²) in [6.45, 7) is 102. The number of piperazine rings is 2. The van der Waals surface area contributed by atoms with Crippen LogP contribution >= 0.6 is 0 Å². The van der Waals surface area contributed by atoms with Crippen molar-refractivity contribution in [3.63, 3.8) is 0 Å². The summed E-state index contributed by atoms with van der Waals surface area (Å²) in [7, 11) is 7.48. The minimum absolute atomic E-state index is 0.542. The number of quaternary nitrogens is 3. The number of aromatic amines is 1. The quantitative estimate of drug-likeness (QED) is 0.0674. The standard InChI is InChI=1S/2C14H23N2.C14H28N.2C13H27N2.C13H21N2.2C12H22N3.C11H19N3/c1-11(2)15-9-7-14-13(10-15)6-5-8-16(14)12(3)4;1-11(2)15-9-7-13-6-5-8-16(12(3)4)14(13)10-15;1-10(2)12-8-13-6-7-14(9-12)15(13,5)11(3)4;1-10(2)14-8-13-7-6-12(14)9-15(13,5)11(3)4;1-10(2)14-8-12-6-7-13(9-14)15(12,5)11(3)4;1-10(2)14-6-5-12-7-15(11(3)4)9-13(12)8-14;1-10(2)14-6-5-13-7-8-15(11(3)4)12(13)9-14;1-10(2)14-7-5-6-13-8-9-15(11(3)4)12(13)14;1-8(2)13-6-5-10-11(13)12-7-14(10)9(3)4/h2*5-6,8,11-12H,7,9-10H2,1-4H3;10-14H,6-9H2,1-5H3;2*10-13H,6-9H2,1-5H3;5-6,8,10-11H,7,9H2,1-4H3;7-8,10-11H,5-6,9H2,1-4H3;8-11H,5-7H2,1-4H3;7-9H,5-6H2,1-4H3/q8*+1;/p+1. The van der Waals surface area contributed by atoms with Crippen molar-refractivity contribution in [2.24, 2.45) is 11.8 Å². The third-order valence-corrected chi connectivity index (χ3v) is 35.5. The van der Waals surface area contributed by atoms with E-state index in [1.807, 2.05) is 0 Å². The number of likely N-dealkylation sites (tertiary alicyclic amines) is 1. The molecule has 0 radical (unpaired) electrons. The van der Waals surface area contributed by atoms with Gasteiger partial charge >= 0.3 is 5.95 Å². The van der Waals surface area contributed by atoms with Crippen LogP contribution < -0.4 is 37.2 Å². The fraction of sp³-hybridized carbons (Fsp3) is 0.793. The van der Waals surface area contributed by atoms with Crippen LogP contribution in [-0.4, -0.2) is 240 Å². The van der Waals surface area contributed by atoms with Gasteiger partial charge in [0.2, 0.25) is 12.1 Å². The van der Waals surface area contributed by atoms with Gasteiger partial charge in [-0.1, -0.05) is 13.8 Å². The van der Waals surface area contributed by atoms with Crippen LogP contribution in [0.3, 0.4) is 0 Å². The molecule has 0 saturated carbocycles. The summed E-state index contributed by atoms with van der Waals surface area (Å²) in [6.07, 6.45) is 36.4. The molecule has 1 N–H and O–H groups in total. The first kappa shape index (κ1) is 112. The molecule has 0 aromatic carbocycles. The molecule has 768 valence electrons. The van der Waals surface area contributed by atoms with Crippen molar-refractivity contribution in [2.45, 2.75) is 511 Å². The van der Waals surface area contributed by atoms with Gasteiger partial charge in [-0.2, -0.15) is 4.57 Å². The minimum atomic E-state index is 0.542. The fourth-order valence-electron chi connectivity index (χ4n) is 25.2. The normalized spacial score (nSPS) is 25.3. The fourth-order valence-corrected chi connectivity index (χ4v) is 25.2. The Morgan fingerprint density at radius 1 is 0.360 bits per heavy atom. The zero-order valence-electron chi connectivity index (χ0n) is 95.3. The Kier molecular flexibility index (Phi) is 40.5. The molecule has 20 nitrogen and oxygen atoms in total. The number of imidazole rings is 3. The molecule has 7 saturated heterocycles. The number of likely N-dealkylation sites (N-methyl/N-ethyl adjacent to an activating group) is 2. The maximum Gasteiger partial charge on any atom is 0.360 e. The molecule has 7 atom stereocenters. The van der Waals surface area contributed by atoms with E-state index in [-0.39, 0.29) is 0 Å². The lowest BCUT2D eigenvalue weighted by Crippen LogP contribution is -2.73. The van der Waals surface area contributed by atoms with Crippen LogP contribution in [0.1, 0.15) is 388 Å². The van der Waals surface area contributed by atoms with Crippen molar-refractivity contribution in [2.75, 3.05) is 89.8 Å². The summed E-state index contributed by atoms with van der Waals surface area (Å²) < 4.78 is 23.0. The molecule has 6 aromatic rings. The number of aryl methyl sites for hydroxylation is 1. The maximum atomic E-state index is 3.39. The van der Waals surface area contributed by atoms with Crippen molar-refractivity contribution in [1.82, 2.24) is 43.5 Å². The molecular formula is C116H213N20+9. The highest BCUT2D eigenvalue weighted by atomic mass is 15.5. The van der Waals surface area contributed by atoms with Gasteiger partial charge in [-0.3, -0.25) is 34.3 Å². The van der Waals surface area contributed by atoms with Gasteiger partial charge in [0.05, 0.1) is 140 Å². The lowest BCUT2D eigenvalue weighted by molar-refractivity contribution is -0.968. The molecule has 0 aliphatic carbocycles. The number of fused-ring (bicyclic) bond motifs is 13. The highest BCUT2D eigenvalue weighted by Crippen LogP contribution is 2.48. The summed E-state index contributed by atoms with van der Waals surface area (Å²) in [6, 6.07) is 27.6. The highest BCUT2D eigenvalue weighted by molar-refractivity contribution is 5.47. The molecule has 0 spiro atoms. The number of H-pyrrole nitrogens is 1. The van der Waals surface area contributed by atoms with Crippen LogP contribution in [0.5, 0.6) is 0 Å². The summed E-state index contributed by atoms with van der Waals surface area (Å²) in [5.74, 6) is 6.06. The van der Waals surface area contributed by atoms with E-state index in [4.69, 9.17) is 0 Å². The molecule has 7 fully saturated rings. The van der Waals surface area contributed by atoms with Crippen molar-refractivity contribution in [3.05, 3.63) is 131 Å². The van der Waals surface area contributed by atoms with Gasteiger partial charge in [0.25, 0.3) is 5.82 Å². The molecule has 7 unspecified atom stereocenters. The molecule has 13 aliphatic heterocycles. The van der Waals surface area contributed by atoms with Gasteiger partial charge in [0.1, 0.15) is 43.6 Å². The van der Waals surface area contributed by atoms with Crippen LogP contribution in [0.15, 0.2) is 86.2 Å². The second-order valence-corrected chi connectivity index (χ2v) is 49.4. The molecule has 6 bridgehead atoms. The van der Waals surface area contributed by atoms with Gasteiger partial charge in [0.15, 0.2) is 60.0 Å². The van der Waals surface area contributed by atoms with Gasteiger partial charge in [-0.25, -0.2) is 37.0 Å². The predicted molar refractivity (Wildman–Crippen MR) is 570 cm³/mol. The third kappa shape index (κ3) is 26.5. The number of piperidine rings is 3. The van der Waals surface area contributed by atoms with Crippen molar-refractivity contribution >= 4 is 11.8 Å². The summed E-state index contributed by atoms with van der Waals surface area (Å²) in [5.41, 5.74) is 10.6. The Balaban J connectivity index is 0.000000158. The largest absolute Gasteiger partial charge is 0.360 e. The second kappa shape index (κ2) is 49.1. The molecule has 136 heavy (non-hydrogen) atoms. The molecular weight excluding hydrogens is 1670 g/mol. The van der Waals surface area contributed by atoms with E-state index in [1.54, 1.807) is 0 Å². The first-order valence-corrected chi connectivity index (χ1v) is 55.9. The van der Waals surface area contributed by atoms with E-state index >= 15 is 0 Å². The van der Waals surface area contributed by atoms with Gasteiger partial charge in [-0.15, -0.1) is 0 Å². The Hall–Kier alpha value is -5.68. The summed E-state index contributed by atoms with van der Waals surface area (Å²) >= 11 is 0. The highest BCUT2D eigenvalue weighted by Gasteiger charge is 2.55. The molecule has 0 amide bonds. The Bertz CT molecular complexity index is 4520. The Morgan fingerprint density at radius 2 is 0.853 bits per heavy atom. The third-order valence-electron chi connectivity index (χ3n) is 35.5. The summed E-state index contributed by atoms with van der Waals surface area (Å²) in [5, 5.41) is 0. The lowest BCUT2D eigenvalue weighted by Gasteiger charge is -2.58. The van der Waals surface area contributed by atoms with Crippen LogP contribution in [0.4, 0.5) is 11.8 Å². The van der Waals surface area contributed by atoms with E-state index in [9.17, 15) is 0 Å². The van der Waals surface area contributed by atoms with Crippen LogP contribution in [0, 0.1) is 11.8 Å². The minimum Gasteiger partial charge on any atom is -0.333 e. The smallest absolute Gasteiger partial charge is 0.333 e. The number of rotatable bonds is 18. The number of aromatic nitrogens is 9. The van der Waals surface area contributed by atoms with Crippen molar-refractivity contribution in [3.8, 4) is 0 Å². The topological polar surface area (TPSA) is 74.8 Å². The van der Waals surface area contributed by atoms with E-state index in [2.05, 4.69) is 437 Å². The van der Waals surface area contributed by atoms with E-state index in [1.165, 1.54) is 200 Å². The van der Waals surface area contributed by atoms with Gasteiger partial charge < -0.3 is 18.3 Å². The number of hydrogen-bond donors (Lipinski definition) is 1. The summed E-state index contributed by atoms with van der Waals surface area (Å²) in [4.78, 5) is 23.9. The average molecular weight is 1890 g/mol. The first-order chi connectivity index (χ1) is 63.9. The second-order valence-electron chi connectivity index (χ2n) is 49.4. The average Bonchev–Trinajstić information content (AvgIpc) is 1.39. The molecule has 6 aromatic heterocycles. The Morgan fingerprint density at radius 3 is 1.36 bits per heavy atom. The monoisotopic (exact) mass is 1890 g/mol. The molecule has 19 heterocycles. The van der Waals surface area contributed by atoms with E-state index in [0.29, 0.717) is 72.5 Å². The number of anilines is 2. The lowest BCUT2D eigenvalue weighted by atomic mass is 9.81. The Labute approximate surface area is 835 Å². The first-order valence-electron chi connectivity index (χ1n) is 55.9. The maximum absolute atomic E-state index is 3.39. The molecule has 13 aliphatic rings. The van der Waals surface area contributed by atoms with Crippen molar-refractivity contribution in [1.29, 1.82) is 0 Å². The SMILES string of the molecule is CC(C)C1CC2CCC(C1)[N+]2(C)C(C)C.CC(C)N1CC2CCC(C1)[N+]2(C)C(C)C.CC(C)N1CC2CCC1C[N+]2(C)C(C)C.CC(C)N1CCC[n+]2ccn(C(C)C)c21.CC(C)N1CC[n+]2ccn(C(C)C)c2C1.CC(C)N1CCc2c(ccc[n+]2C(C)C)C1.CC(C)N1CCc2c1[nH]c[n+]2C(C)C.CC(C)N1CCc2ccc[n+](C(C)C)c2C1.CC(C)N1Cc2cc[n+](C(C)C)cc2C1. The van der Waals surface area contributed by atoms with E-state index < -0.39 is 0 Å². The molecule has 19 rings (SSSR count). The van der Waals surface area contributed by atoms with E-state index in [0.717, 1.165) is 131 Å². The van der Waals surface area contributed by atoms with Gasteiger partial charge in [-0.05, 0) is 278 Å². The van der Waals surface area contributed by atoms with Crippen LogP contribution in [0.2, 0.25) is 0 Å². The number of nitrogens with one attached hydrogen (secondary N) is 1. The number of nitrogens with zero attached hydrogens (tertiary/aromatic N) is 19. The van der Waals surface area contributed by atoms with Crippen molar-refractivity contribution < 1.29 is 40.9 Å². The zero-order valence-corrected chi connectivity index (χ0v) is 95.3. The van der Waals surface area contributed by atoms with Crippen LogP contribution in [0.25, 0.3) is 0 Å². The van der Waals surface area contributed by atoms with Gasteiger partial charge in [0, 0.05) is 187 Å². The van der Waals surface area contributed by atoms with Crippen LogP contribution in [-0.2, 0) is 65.1 Å². The zero-order chi connectivity index (χ0) is 100.